The number of fused-ring (bicyclic) bond motifs is 7. The van der Waals surface area contributed by atoms with Gasteiger partial charge in [0.2, 0.25) is 0 Å². The number of rotatable bonds is 3. The van der Waals surface area contributed by atoms with E-state index in [2.05, 4.69) is 153 Å². The molecule has 0 saturated carbocycles. The molecule has 2 aromatic heterocycles. The second-order valence-electron chi connectivity index (χ2n) is 11.4. The predicted octanol–water partition coefficient (Wildman–Crippen LogP) is 8.33. The van der Waals surface area contributed by atoms with E-state index in [1.165, 1.54) is 49.8 Å². The average molecular weight is 568 g/mol. The number of hydrogen-bond acceptors (Lipinski definition) is 4. The topological polar surface area (TPSA) is 45.1 Å². The van der Waals surface area contributed by atoms with Crippen LogP contribution in [0.3, 0.4) is 0 Å². The molecule has 0 saturated heterocycles. The van der Waals surface area contributed by atoms with Crippen molar-refractivity contribution in [3.05, 3.63) is 157 Å². The number of nitrogens with one attached hydrogen (secondary N) is 2. The van der Waals surface area contributed by atoms with Crippen LogP contribution in [0.25, 0.3) is 49.9 Å². The number of benzene rings is 4. The largest absolute Gasteiger partial charge is 0.387 e. The molecular weight excluding hydrogens is 538 g/mol. The third-order valence-corrected chi connectivity index (χ3v) is 8.88. The smallest absolute Gasteiger partial charge is 0.0654 e. The lowest BCUT2D eigenvalue weighted by Gasteiger charge is -2.30. The van der Waals surface area contributed by atoms with Gasteiger partial charge in [0.25, 0.3) is 0 Å². The summed E-state index contributed by atoms with van der Waals surface area (Å²) in [4.78, 5) is 7.10. The zero-order valence-corrected chi connectivity index (χ0v) is 24.0. The van der Waals surface area contributed by atoms with Crippen LogP contribution in [0.1, 0.15) is 11.1 Å². The van der Waals surface area contributed by atoms with Gasteiger partial charge in [-0.2, -0.15) is 0 Å². The molecule has 0 unspecified atom stereocenters. The van der Waals surface area contributed by atoms with Crippen LogP contribution < -0.4 is 15.5 Å². The summed E-state index contributed by atoms with van der Waals surface area (Å²) in [5.41, 5.74) is 12.9. The highest BCUT2D eigenvalue weighted by molar-refractivity contribution is 6.08. The summed E-state index contributed by atoms with van der Waals surface area (Å²) in [6.45, 7) is 1.59. The zero-order valence-electron chi connectivity index (χ0n) is 24.0. The lowest BCUT2D eigenvalue weighted by molar-refractivity contribution is 0.966. The molecule has 44 heavy (non-hydrogen) atoms. The highest BCUT2D eigenvalue weighted by Crippen LogP contribution is 2.50. The van der Waals surface area contributed by atoms with Gasteiger partial charge >= 0.3 is 0 Å². The molecule has 9 rings (SSSR count). The van der Waals surface area contributed by atoms with Crippen molar-refractivity contribution in [3.63, 3.8) is 0 Å². The van der Waals surface area contributed by atoms with E-state index in [9.17, 15) is 0 Å². The Hall–Kier alpha value is -5.81. The Balaban J connectivity index is 1.30. The molecule has 0 radical (unpaired) electrons. The van der Waals surface area contributed by atoms with E-state index in [1.807, 2.05) is 12.4 Å². The standard InChI is InChI=1S/C39H29N5/c1-2-8-29(9-3-1)44-35-12-5-4-10-31(35)38-32-24-40-20-17-36(32)43(37-18-21-41-25-33(37)39(38)44)30-16-15-26-22-28(14-13-27(26)23-30)34-11-6-7-19-42-34/h1-18,20-23,25,40,42H,19,24H2. The number of allylic oxidation sites excluding steroid dienone is 3. The number of aromatic nitrogens is 2. The van der Waals surface area contributed by atoms with Gasteiger partial charge in [0.1, 0.15) is 0 Å². The Morgan fingerprint density at radius 2 is 1.66 bits per heavy atom. The van der Waals surface area contributed by atoms with Crippen LogP contribution >= 0.6 is 0 Å². The molecule has 0 bridgehead atoms. The fourth-order valence-corrected chi connectivity index (χ4v) is 6.93. The van der Waals surface area contributed by atoms with Gasteiger partial charge in [-0.15, -0.1) is 0 Å². The van der Waals surface area contributed by atoms with Gasteiger partial charge in [0.05, 0.1) is 22.6 Å². The predicted molar refractivity (Wildman–Crippen MR) is 182 cm³/mol. The number of dihydropyridines is 2. The van der Waals surface area contributed by atoms with Gasteiger partial charge in [-0.3, -0.25) is 4.98 Å². The van der Waals surface area contributed by atoms with Gasteiger partial charge in [0.15, 0.2) is 0 Å². The van der Waals surface area contributed by atoms with Crippen molar-refractivity contribution >= 4 is 44.3 Å². The molecule has 6 aromatic rings. The first-order chi connectivity index (χ1) is 21.8. The fraction of sp³-hybridized carbons (Fsp3) is 0.0513. The summed E-state index contributed by atoms with van der Waals surface area (Å²) in [5, 5.41) is 10.7. The molecule has 0 amide bonds. The minimum Gasteiger partial charge on any atom is -0.387 e. The van der Waals surface area contributed by atoms with Crippen molar-refractivity contribution < 1.29 is 0 Å². The van der Waals surface area contributed by atoms with E-state index in [1.54, 1.807) is 0 Å². The first kappa shape index (κ1) is 24.8. The molecule has 0 aliphatic carbocycles. The van der Waals surface area contributed by atoms with Crippen molar-refractivity contribution in [2.24, 2.45) is 0 Å². The molecule has 2 N–H and O–H groups in total. The maximum absolute atomic E-state index is 4.68. The van der Waals surface area contributed by atoms with Gasteiger partial charge in [-0.05, 0) is 77.2 Å². The van der Waals surface area contributed by atoms with Gasteiger partial charge in [-0.25, -0.2) is 0 Å². The molecule has 5 heterocycles. The second-order valence-corrected chi connectivity index (χ2v) is 11.4. The summed E-state index contributed by atoms with van der Waals surface area (Å²) in [6, 6.07) is 35.1. The highest BCUT2D eigenvalue weighted by atomic mass is 15.2. The molecule has 3 aliphatic heterocycles. The van der Waals surface area contributed by atoms with Gasteiger partial charge < -0.3 is 20.1 Å². The Bertz CT molecular complexity index is 2230. The van der Waals surface area contributed by atoms with Crippen molar-refractivity contribution in [1.82, 2.24) is 20.2 Å². The first-order valence-electron chi connectivity index (χ1n) is 15.1. The van der Waals surface area contributed by atoms with Crippen LogP contribution in [-0.2, 0) is 0 Å². The van der Waals surface area contributed by atoms with Crippen molar-refractivity contribution in [2.45, 2.75) is 0 Å². The quantitative estimate of drug-likeness (QED) is 0.226. The number of para-hydroxylation sites is 2. The number of nitrogens with zero attached hydrogens (tertiary/aromatic N) is 3. The molecule has 3 aliphatic rings. The average Bonchev–Trinajstić information content (AvgIpc) is 3.38. The summed E-state index contributed by atoms with van der Waals surface area (Å²) < 4.78 is 2.41. The maximum Gasteiger partial charge on any atom is 0.0654 e. The SMILES string of the molecule is C1=CCNC(c2ccc3cc(N4C5=C(CNC=C5)c5c(n(-c6ccccc6)c6ccccc56)-c5cnccc54)ccc3c2)=C1. The summed E-state index contributed by atoms with van der Waals surface area (Å²) in [6.07, 6.45) is 14.6. The molecule has 0 atom stereocenters. The van der Waals surface area contributed by atoms with E-state index in [0.717, 1.165) is 41.4 Å². The van der Waals surface area contributed by atoms with Gasteiger partial charge in [0, 0.05) is 64.6 Å². The molecular formula is C39H29N5. The minimum atomic E-state index is 0.729. The van der Waals surface area contributed by atoms with Crippen molar-refractivity contribution in [2.75, 3.05) is 18.0 Å². The van der Waals surface area contributed by atoms with E-state index in [4.69, 9.17) is 0 Å². The molecule has 0 spiro atoms. The van der Waals surface area contributed by atoms with Crippen LogP contribution in [0.15, 0.2) is 146 Å². The molecule has 5 heteroatoms. The summed E-state index contributed by atoms with van der Waals surface area (Å²) in [7, 11) is 0. The van der Waals surface area contributed by atoms with Crippen molar-refractivity contribution in [3.8, 4) is 16.9 Å². The van der Waals surface area contributed by atoms with Crippen LogP contribution in [0.5, 0.6) is 0 Å². The molecule has 210 valence electrons. The fourth-order valence-electron chi connectivity index (χ4n) is 6.93. The Kier molecular flexibility index (Phi) is 5.56. The van der Waals surface area contributed by atoms with Crippen LogP contribution in [0.2, 0.25) is 0 Å². The molecule has 5 nitrogen and oxygen atoms in total. The lowest BCUT2D eigenvalue weighted by atomic mass is 9.97. The normalized spacial score (nSPS) is 15.3. The number of anilines is 2. The monoisotopic (exact) mass is 567 g/mol. The van der Waals surface area contributed by atoms with E-state index >= 15 is 0 Å². The Labute approximate surface area is 255 Å². The lowest BCUT2D eigenvalue weighted by Crippen LogP contribution is -2.23. The number of hydrogen-bond donors (Lipinski definition) is 2. The van der Waals surface area contributed by atoms with Crippen LogP contribution in [0.4, 0.5) is 11.4 Å². The third-order valence-electron chi connectivity index (χ3n) is 8.88. The zero-order chi connectivity index (χ0) is 29.0. The third kappa shape index (κ3) is 3.76. The van der Waals surface area contributed by atoms with E-state index < -0.39 is 0 Å². The Morgan fingerprint density at radius 3 is 2.57 bits per heavy atom. The maximum atomic E-state index is 4.68. The van der Waals surface area contributed by atoms with Crippen LogP contribution in [0, 0.1) is 0 Å². The summed E-state index contributed by atoms with van der Waals surface area (Å²) >= 11 is 0. The summed E-state index contributed by atoms with van der Waals surface area (Å²) in [5.74, 6) is 0. The Morgan fingerprint density at radius 1 is 0.795 bits per heavy atom. The van der Waals surface area contributed by atoms with Crippen LogP contribution in [-0.4, -0.2) is 22.6 Å². The minimum absolute atomic E-state index is 0.729. The second kappa shape index (κ2) is 9.89. The first-order valence-corrected chi connectivity index (χ1v) is 15.1. The van der Waals surface area contributed by atoms with E-state index in [-0.39, 0.29) is 0 Å². The van der Waals surface area contributed by atoms with E-state index in [0.29, 0.717) is 0 Å². The van der Waals surface area contributed by atoms with Crippen molar-refractivity contribution in [1.29, 1.82) is 0 Å². The number of pyridine rings is 1. The molecule has 4 aromatic carbocycles. The highest BCUT2D eigenvalue weighted by Gasteiger charge is 2.33. The molecule has 0 fully saturated rings. The van der Waals surface area contributed by atoms with Gasteiger partial charge in [-0.1, -0.05) is 66.7 Å².